The Labute approximate surface area is 161 Å². The SMILES string of the molecule is C(=C(c1ccccc1)C(c1ccccc1)c1ccccc1)c1ccccc1. The van der Waals surface area contributed by atoms with Crippen molar-refractivity contribution in [1.82, 2.24) is 0 Å². The first-order valence-corrected chi connectivity index (χ1v) is 9.34. The summed E-state index contributed by atoms with van der Waals surface area (Å²) in [5.74, 6) is 0.176. The summed E-state index contributed by atoms with van der Waals surface area (Å²) in [6.45, 7) is 0. The maximum atomic E-state index is 2.32. The van der Waals surface area contributed by atoms with Gasteiger partial charge in [-0.1, -0.05) is 127 Å². The van der Waals surface area contributed by atoms with Gasteiger partial charge in [-0.25, -0.2) is 0 Å². The zero-order chi connectivity index (χ0) is 18.3. The second-order valence-electron chi connectivity index (χ2n) is 6.63. The highest BCUT2D eigenvalue weighted by Gasteiger charge is 2.20. The zero-order valence-electron chi connectivity index (χ0n) is 15.2. The molecule has 0 spiro atoms. The van der Waals surface area contributed by atoms with Crippen molar-refractivity contribution in [3.63, 3.8) is 0 Å². The first-order valence-electron chi connectivity index (χ1n) is 9.34. The van der Waals surface area contributed by atoms with Gasteiger partial charge in [-0.3, -0.25) is 0 Å². The Morgan fingerprint density at radius 2 is 0.889 bits per heavy atom. The van der Waals surface area contributed by atoms with Crippen molar-refractivity contribution < 1.29 is 0 Å². The quantitative estimate of drug-likeness (QED) is 0.339. The Morgan fingerprint density at radius 3 is 1.37 bits per heavy atom. The molecule has 0 saturated heterocycles. The molecule has 0 heteroatoms. The fourth-order valence-corrected chi connectivity index (χ4v) is 3.54. The molecule has 4 aromatic rings. The monoisotopic (exact) mass is 346 g/mol. The lowest BCUT2D eigenvalue weighted by Crippen LogP contribution is -2.04. The van der Waals surface area contributed by atoms with Crippen LogP contribution in [0.5, 0.6) is 0 Å². The molecule has 0 atom stereocenters. The predicted octanol–water partition coefficient (Wildman–Crippen LogP) is 7.06. The molecular formula is C27H22. The summed E-state index contributed by atoms with van der Waals surface area (Å²) < 4.78 is 0. The summed E-state index contributed by atoms with van der Waals surface area (Å²) in [5, 5.41) is 0. The van der Waals surface area contributed by atoms with E-state index in [0.717, 1.165) is 0 Å². The second-order valence-corrected chi connectivity index (χ2v) is 6.63. The van der Waals surface area contributed by atoms with Crippen molar-refractivity contribution in [2.24, 2.45) is 0 Å². The van der Waals surface area contributed by atoms with Gasteiger partial charge in [0.15, 0.2) is 0 Å². The molecule has 0 radical (unpaired) electrons. The van der Waals surface area contributed by atoms with Crippen LogP contribution >= 0.6 is 0 Å². The highest BCUT2D eigenvalue weighted by molar-refractivity contribution is 5.87. The summed E-state index contributed by atoms with van der Waals surface area (Å²) in [6.07, 6.45) is 2.32. The van der Waals surface area contributed by atoms with Crippen LogP contribution in [0, 0.1) is 0 Å². The molecule has 0 N–H and O–H groups in total. The first-order chi connectivity index (χ1) is 13.4. The molecule has 4 aromatic carbocycles. The third-order valence-electron chi connectivity index (χ3n) is 4.81. The van der Waals surface area contributed by atoms with Gasteiger partial charge in [-0.05, 0) is 27.8 Å². The molecule has 4 rings (SSSR count). The second kappa shape index (κ2) is 8.33. The Morgan fingerprint density at radius 1 is 0.481 bits per heavy atom. The number of allylic oxidation sites excluding steroid dienone is 1. The van der Waals surface area contributed by atoms with Crippen LogP contribution in [0.1, 0.15) is 28.2 Å². The van der Waals surface area contributed by atoms with Crippen LogP contribution in [-0.4, -0.2) is 0 Å². The van der Waals surface area contributed by atoms with E-state index in [0.29, 0.717) is 0 Å². The summed E-state index contributed by atoms with van der Waals surface area (Å²) in [4.78, 5) is 0. The van der Waals surface area contributed by atoms with Crippen LogP contribution in [0.15, 0.2) is 121 Å². The number of hydrogen-bond acceptors (Lipinski definition) is 0. The lowest BCUT2D eigenvalue weighted by Gasteiger charge is -2.23. The fourth-order valence-electron chi connectivity index (χ4n) is 3.54. The minimum atomic E-state index is 0.176. The van der Waals surface area contributed by atoms with Crippen LogP contribution in [0.3, 0.4) is 0 Å². The number of benzene rings is 4. The Balaban J connectivity index is 1.93. The van der Waals surface area contributed by atoms with E-state index in [1.165, 1.54) is 27.8 Å². The molecule has 27 heavy (non-hydrogen) atoms. The van der Waals surface area contributed by atoms with Crippen molar-refractivity contribution in [3.05, 3.63) is 144 Å². The molecule has 0 fully saturated rings. The minimum absolute atomic E-state index is 0.176. The minimum Gasteiger partial charge on any atom is -0.0622 e. The van der Waals surface area contributed by atoms with E-state index in [4.69, 9.17) is 0 Å². The summed E-state index contributed by atoms with van der Waals surface area (Å²) >= 11 is 0. The standard InChI is InChI=1S/C27H22/c1-5-13-22(14-6-1)21-26(23-15-7-2-8-16-23)27(24-17-9-3-10-18-24)25-19-11-4-12-20-25/h1-21,27H. The summed E-state index contributed by atoms with van der Waals surface area (Å²) in [6, 6.07) is 42.8. The van der Waals surface area contributed by atoms with Gasteiger partial charge in [0.2, 0.25) is 0 Å². The van der Waals surface area contributed by atoms with Gasteiger partial charge >= 0.3 is 0 Å². The molecule has 0 saturated carbocycles. The Hall–Kier alpha value is -3.38. The van der Waals surface area contributed by atoms with Gasteiger partial charge in [0.05, 0.1) is 0 Å². The molecule has 130 valence electrons. The molecule has 0 aliphatic carbocycles. The fraction of sp³-hybridized carbons (Fsp3) is 0.0370. The van der Waals surface area contributed by atoms with Crippen molar-refractivity contribution in [2.75, 3.05) is 0 Å². The van der Waals surface area contributed by atoms with Gasteiger partial charge in [0, 0.05) is 5.92 Å². The molecule has 0 unspecified atom stereocenters. The molecule has 0 heterocycles. The van der Waals surface area contributed by atoms with Crippen molar-refractivity contribution in [1.29, 1.82) is 0 Å². The topological polar surface area (TPSA) is 0 Å². The van der Waals surface area contributed by atoms with E-state index >= 15 is 0 Å². The molecule has 0 amide bonds. The van der Waals surface area contributed by atoms with Crippen LogP contribution in [0.2, 0.25) is 0 Å². The molecule has 0 aliphatic heterocycles. The van der Waals surface area contributed by atoms with E-state index in [9.17, 15) is 0 Å². The largest absolute Gasteiger partial charge is 0.0622 e. The van der Waals surface area contributed by atoms with E-state index in [-0.39, 0.29) is 5.92 Å². The third kappa shape index (κ3) is 4.07. The van der Waals surface area contributed by atoms with Crippen LogP contribution < -0.4 is 0 Å². The van der Waals surface area contributed by atoms with Crippen LogP contribution in [0.25, 0.3) is 11.6 Å². The Bertz CT molecular complexity index is 945. The smallest absolute Gasteiger partial charge is 0.0346 e. The molecule has 0 nitrogen and oxygen atoms in total. The van der Waals surface area contributed by atoms with Crippen LogP contribution in [-0.2, 0) is 0 Å². The molecular weight excluding hydrogens is 324 g/mol. The number of hydrogen-bond donors (Lipinski definition) is 0. The lowest BCUT2D eigenvalue weighted by molar-refractivity contribution is 1.05. The van der Waals surface area contributed by atoms with E-state index in [1.54, 1.807) is 0 Å². The van der Waals surface area contributed by atoms with E-state index < -0.39 is 0 Å². The van der Waals surface area contributed by atoms with Crippen molar-refractivity contribution in [2.45, 2.75) is 5.92 Å². The van der Waals surface area contributed by atoms with Gasteiger partial charge in [0.1, 0.15) is 0 Å². The van der Waals surface area contributed by atoms with Gasteiger partial charge < -0.3 is 0 Å². The molecule has 0 aromatic heterocycles. The van der Waals surface area contributed by atoms with Crippen molar-refractivity contribution >= 4 is 11.6 Å². The number of rotatable bonds is 5. The average Bonchev–Trinajstić information content (AvgIpc) is 2.76. The maximum Gasteiger partial charge on any atom is 0.0346 e. The van der Waals surface area contributed by atoms with Crippen LogP contribution in [0.4, 0.5) is 0 Å². The first kappa shape index (κ1) is 17.1. The Kier molecular flexibility index (Phi) is 5.26. The highest BCUT2D eigenvalue weighted by Crippen LogP contribution is 2.38. The molecule has 0 bridgehead atoms. The predicted molar refractivity (Wildman–Crippen MR) is 115 cm³/mol. The average molecular weight is 346 g/mol. The van der Waals surface area contributed by atoms with Gasteiger partial charge in [-0.15, -0.1) is 0 Å². The van der Waals surface area contributed by atoms with Gasteiger partial charge in [-0.2, -0.15) is 0 Å². The third-order valence-corrected chi connectivity index (χ3v) is 4.81. The maximum absolute atomic E-state index is 2.32. The summed E-state index contributed by atoms with van der Waals surface area (Å²) in [5.41, 5.74) is 6.37. The van der Waals surface area contributed by atoms with Crippen molar-refractivity contribution in [3.8, 4) is 0 Å². The molecule has 0 aliphatic rings. The normalized spacial score (nSPS) is 11.5. The van der Waals surface area contributed by atoms with E-state index in [2.05, 4.69) is 127 Å². The highest BCUT2D eigenvalue weighted by atomic mass is 14.2. The summed E-state index contributed by atoms with van der Waals surface area (Å²) in [7, 11) is 0. The zero-order valence-corrected chi connectivity index (χ0v) is 15.2. The van der Waals surface area contributed by atoms with E-state index in [1.807, 2.05) is 0 Å². The lowest BCUT2D eigenvalue weighted by atomic mass is 9.81. The van der Waals surface area contributed by atoms with Gasteiger partial charge in [0.25, 0.3) is 0 Å².